The minimum absolute atomic E-state index is 0.218. The van der Waals surface area contributed by atoms with Gasteiger partial charge in [0.15, 0.2) is 0 Å². The normalized spacial score (nSPS) is 19.2. The Morgan fingerprint density at radius 1 is 1.35 bits per heavy atom. The number of esters is 1. The molecule has 2 aromatic rings. The molecule has 0 saturated carbocycles. The number of fused-ring (bicyclic) bond motifs is 1. The molecule has 1 aliphatic heterocycles. The maximum absolute atomic E-state index is 11.6. The van der Waals surface area contributed by atoms with Crippen LogP contribution in [0.1, 0.15) is 23.7 Å². The Kier molecular flexibility index (Phi) is 2.12. The third kappa shape index (κ3) is 1.40. The highest BCUT2D eigenvalue weighted by Gasteiger charge is 2.33. The molecule has 0 radical (unpaired) electrons. The molecule has 0 unspecified atom stereocenters. The molecule has 1 fully saturated rings. The zero-order valence-corrected chi connectivity index (χ0v) is 8.97. The van der Waals surface area contributed by atoms with Gasteiger partial charge in [0.2, 0.25) is 5.76 Å². The van der Waals surface area contributed by atoms with Gasteiger partial charge < -0.3 is 9.15 Å². The number of benzene rings is 1. The summed E-state index contributed by atoms with van der Waals surface area (Å²) in [5, 5.41) is 9.90. The SMILES string of the molecule is N#Cc1oc2ccccc2c1[C@H]1CCOC1=O. The zero-order chi connectivity index (χ0) is 11.8. The van der Waals surface area contributed by atoms with Gasteiger partial charge in [0, 0.05) is 10.9 Å². The average Bonchev–Trinajstić information content (AvgIpc) is 2.91. The van der Waals surface area contributed by atoms with Crippen molar-refractivity contribution in [3.8, 4) is 6.07 Å². The third-order valence-corrected chi connectivity index (χ3v) is 3.02. The molecule has 17 heavy (non-hydrogen) atoms. The fourth-order valence-electron chi connectivity index (χ4n) is 2.25. The van der Waals surface area contributed by atoms with E-state index in [9.17, 15) is 4.79 Å². The topological polar surface area (TPSA) is 63.2 Å². The zero-order valence-electron chi connectivity index (χ0n) is 8.97. The van der Waals surface area contributed by atoms with Crippen LogP contribution < -0.4 is 0 Å². The molecule has 4 nitrogen and oxygen atoms in total. The number of nitriles is 1. The van der Waals surface area contributed by atoms with Crippen molar-refractivity contribution in [1.82, 2.24) is 0 Å². The van der Waals surface area contributed by atoms with Crippen LogP contribution in [0.2, 0.25) is 0 Å². The molecule has 1 aromatic carbocycles. The Hall–Kier alpha value is -2.28. The molecule has 84 valence electrons. The minimum Gasteiger partial charge on any atom is -0.465 e. The van der Waals surface area contributed by atoms with E-state index in [1.165, 1.54) is 0 Å². The number of cyclic esters (lactones) is 1. The molecule has 0 spiro atoms. The van der Waals surface area contributed by atoms with Crippen molar-refractivity contribution in [2.24, 2.45) is 0 Å². The first kappa shape index (κ1) is 9.91. The fraction of sp³-hybridized carbons (Fsp3) is 0.231. The van der Waals surface area contributed by atoms with Crippen LogP contribution >= 0.6 is 0 Å². The number of furan rings is 1. The molecule has 1 atom stereocenters. The highest BCUT2D eigenvalue weighted by Crippen LogP contribution is 2.36. The van der Waals surface area contributed by atoms with Crippen LogP contribution in [0.3, 0.4) is 0 Å². The summed E-state index contributed by atoms with van der Waals surface area (Å²) in [4.78, 5) is 11.6. The Labute approximate surface area is 97.4 Å². The number of carbonyl (C=O) groups excluding carboxylic acids is 1. The van der Waals surface area contributed by atoms with Gasteiger partial charge in [-0.25, -0.2) is 0 Å². The fourth-order valence-corrected chi connectivity index (χ4v) is 2.25. The van der Waals surface area contributed by atoms with Gasteiger partial charge in [0.25, 0.3) is 0 Å². The molecule has 3 rings (SSSR count). The predicted octanol–water partition coefficient (Wildman–Crippen LogP) is 2.33. The molecule has 2 heterocycles. The number of rotatable bonds is 1. The standard InChI is InChI=1S/C13H9NO3/c14-7-11-12(9-5-6-16-13(9)15)8-3-1-2-4-10(8)17-11/h1-4,9H,5-6H2/t9-/m1/s1. The number of ether oxygens (including phenoxy) is 1. The Morgan fingerprint density at radius 2 is 2.18 bits per heavy atom. The van der Waals surface area contributed by atoms with Crippen LogP contribution in [0.25, 0.3) is 11.0 Å². The molecular formula is C13H9NO3. The van der Waals surface area contributed by atoms with E-state index in [2.05, 4.69) is 0 Å². The van der Waals surface area contributed by atoms with Crippen molar-refractivity contribution < 1.29 is 13.9 Å². The number of hydrogen-bond donors (Lipinski definition) is 0. The van der Waals surface area contributed by atoms with Gasteiger partial charge in [-0.3, -0.25) is 4.79 Å². The quantitative estimate of drug-likeness (QED) is 0.701. The van der Waals surface area contributed by atoms with E-state index in [1.807, 2.05) is 24.3 Å². The number of carbonyl (C=O) groups is 1. The van der Waals surface area contributed by atoms with Crippen molar-refractivity contribution in [1.29, 1.82) is 5.26 Å². The summed E-state index contributed by atoms with van der Waals surface area (Å²) in [5.74, 6) is -0.420. The maximum atomic E-state index is 11.6. The number of para-hydroxylation sites is 1. The van der Waals surface area contributed by atoms with Crippen molar-refractivity contribution in [2.75, 3.05) is 6.61 Å². The van der Waals surface area contributed by atoms with Gasteiger partial charge in [-0.15, -0.1) is 0 Å². The summed E-state index contributed by atoms with van der Waals surface area (Å²) in [5.41, 5.74) is 1.31. The van der Waals surface area contributed by atoms with Crippen LogP contribution in [-0.2, 0) is 9.53 Å². The highest BCUT2D eigenvalue weighted by molar-refractivity contribution is 5.91. The highest BCUT2D eigenvalue weighted by atomic mass is 16.5. The van der Waals surface area contributed by atoms with Gasteiger partial charge in [-0.2, -0.15) is 5.26 Å². The lowest BCUT2D eigenvalue weighted by Gasteiger charge is -2.02. The molecule has 0 amide bonds. The molecule has 0 bridgehead atoms. The lowest BCUT2D eigenvalue weighted by atomic mass is 9.95. The number of nitrogens with zero attached hydrogens (tertiary/aromatic N) is 1. The Bertz CT molecular complexity index is 636. The lowest BCUT2D eigenvalue weighted by molar-refractivity contribution is -0.139. The van der Waals surface area contributed by atoms with E-state index in [-0.39, 0.29) is 17.6 Å². The lowest BCUT2D eigenvalue weighted by Crippen LogP contribution is -2.06. The smallest absolute Gasteiger partial charge is 0.313 e. The Morgan fingerprint density at radius 3 is 2.88 bits per heavy atom. The maximum Gasteiger partial charge on any atom is 0.313 e. The van der Waals surface area contributed by atoms with Gasteiger partial charge >= 0.3 is 5.97 Å². The third-order valence-electron chi connectivity index (χ3n) is 3.02. The van der Waals surface area contributed by atoms with Gasteiger partial charge in [-0.05, 0) is 12.5 Å². The van der Waals surface area contributed by atoms with Crippen molar-refractivity contribution >= 4 is 16.9 Å². The first-order valence-electron chi connectivity index (χ1n) is 5.39. The van der Waals surface area contributed by atoms with Crippen molar-refractivity contribution in [2.45, 2.75) is 12.3 Å². The van der Waals surface area contributed by atoms with Crippen LogP contribution in [0, 0.1) is 11.3 Å². The van der Waals surface area contributed by atoms with Gasteiger partial charge in [0.05, 0.1) is 12.5 Å². The van der Waals surface area contributed by atoms with E-state index >= 15 is 0 Å². The van der Waals surface area contributed by atoms with Crippen LogP contribution in [0.4, 0.5) is 0 Å². The van der Waals surface area contributed by atoms with E-state index in [0.717, 1.165) is 5.39 Å². The summed E-state index contributed by atoms with van der Waals surface area (Å²) in [6.07, 6.45) is 0.608. The second kappa shape index (κ2) is 3.63. The van der Waals surface area contributed by atoms with Crippen molar-refractivity contribution in [3.05, 3.63) is 35.6 Å². The van der Waals surface area contributed by atoms with Crippen LogP contribution in [-0.4, -0.2) is 12.6 Å². The molecule has 1 aliphatic rings. The second-order valence-electron chi connectivity index (χ2n) is 3.96. The average molecular weight is 227 g/mol. The first-order valence-corrected chi connectivity index (χ1v) is 5.39. The molecule has 1 saturated heterocycles. The summed E-state index contributed by atoms with van der Waals surface area (Å²) < 4.78 is 10.4. The molecule has 4 heteroatoms. The van der Waals surface area contributed by atoms with Gasteiger partial charge in [-0.1, -0.05) is 18.2 Å². The molecule has 0 aliphatic carbocycles. The van der Waals surface area contributed by atoms with Gasteiger partial charge in [0.1, 0.15) is 11.7 Å². The summed E-state index contributed by atoms with van der Waals surface area (Å²) in [6.45, 7) is 0.411. The minimum atomic E-state index is -0.367. The van der Waals surface area contributed by atoms with Crippen LogP contribution in [0.5, 0.6) is 0 Å². The summed E-state index contributed by atoms with van der Waals surface area (Å²) >= 11 is 0. The summed E-state index contributed by atoms with van der Waals surface area (Å²) in [6, 6.07) is 9.36. The van der Waals surface area contributed by atoms with Crippen molar-refractivity contribution in [3.63, 3.8) is 0 Å². The van der Waals surface area contributed by atoms with E-state index in [1.54, 1.807) is 6.07 Å². The van der Waals surface area contributed by atoms with E-state index < -0.39 is 0 Å². The largest absolute Gasteiger partial charge is 0.465 e. The number of hydrogen-bond acceptors (Lipinski definition) is 4. The molecule has 0 N–H and O–H groups in total. The summed E-state index contributed by atoms with van der Waals surface area (Å²) in [7, 11) is 0. The van der Waals surface area contributed by atoms with Crippen LogP contribution in [0.15, 0.2) is 28.7 Å². The predicted molar refractivity (Wildman–Crippen MR) is 59.2 cm³/mol. The van der Waals surface area contributed by atoms with E-state index in [4.69, 9.17) is 14.4 Å². The molecule has 1 aromatic heterocycles. The molecular weight excluding hydrogens is 218 g/mol. The Balaban J connectivity index is 2.26. The second-order valence-corrected chi connectivity index (χ2v) is 3.96. The monoisotopic (exact) mass is 227 g/mol. The first-order chi connectivity index (χ1) is 8.31. The van der Waals surface area contributed by atoms with E-state index in [0.29, 0.717) is 24.2 Å².